The Morgan fingerprint density at radius 3 is 1.36 bits per heavy atom. The third-order valence-electron chi connectivity index (χ3n) is 8.38. The molecule has 0 saturated carbocycles. The predicted octanol–water partition coefficient (Wildman–Crippen LogP) is 9.44. The molecule has 0 aliphatic rings. The second-order valence-electron chi connectivity index (χ2n) is 14.3. The maximum Gasteiger partial charge on any atom is 0.306 e. The maximum atomic E-state index is 12.5. The number of carbonyl (C=O) groups is 2. The molecule has 0 bridgehead atoms. The summed E-state index contributed by atoms with van der Waals surface area (Å²) in [5, 5.41) is 0. The minimum Gasteiger partial charge on any atom is -0.756 e. The normalized spacial score (nSPS) is 13.7. The van der Waals surface area contributed by atoms with Crippen LogP contribution in [0.5, 0.6) is 0 Å². The summed E-state index contributed by atoms with van der Waals surface area (Å²) in [6.07, 6.45) is 27.0. The first kappa shape index (κ1) is 46.0. The van der Waals surface area contributed by atoms with Crippen LogP contribution in [0.25, 0.3) is 0 Å². The van der Waals surface area contributed by atoms with Crippen molar-refractivity contribution in [2.75, 3.05) is 47.5 Å². The summed E-state index contributed by atoms with van der Waals surface area (Å²) < 4.78 is 33.7. The summed E-state index contributed by atoms with van der Waals surface area (Å²) >= 11 is 0. The molecule has 0 N–H and O–H groups in total. The molecule has 2 atom stereocenters. The first-order chi connectivity index (χ1) is 22.5. The zero-order valence-corrected chi connectivity index (χ0v) is 32.1. The van der Waals surface area contributed by atoms with Gasteiger partial charge in [-0.1, -0.05) is 149 Å². The number of phosphoric acid groups is 1. The van der Waals surface area contributed by atoms with Crippen LogP contribution in [0.4, 0.5) is 0 Å². The van der Waals surface area contributed by atoms with Crippen molar-refractivity contribution in [1.29, 1.82) is 0 Å². The molecule has 0 aromatic rings. The van der Waals surface area contributed by atoms with E-state index in [1.807, 2.05) is 21.1 Å². The van der Waals surface area contributed by atoms with Gasteiger partial charge in [-0.25, -0.2) is 0 Å². The molecule has 0 spiro atoms. The Balaban J connectivity index is 4.37. The standard InChI is InChI=1S/C37H74NO8P/c1-6-8-10-12-14-16-17-18-19-20-22-23-25-27-29-36(39)43-33-35(34-45-47(41,42)44-32-31-38(3,4)5)46-37(40)30-28-26-24-21-15-13-11-9-7-2/h35H,6-34H2,1-5H3/t35-/m1/s1. The van der Waals surface area contributed by atoms with Crippen LogP contribution in [-0.2, 0) is 32.7 Å². The van der Waals surface area contributed by atoms with Crippen molar-refractivity contribution < 1.29 is 42.1 Å². The molecule has 0 rings (SSSR count). The van der Waals surface area contributed by atoms with Crippen molar-refractivity contribution >= 4 is 19.8 Å². The quantitative estimate of drug-likeness (QED) is 0.0280. The third-order valence-corrected chi connectivity index (χ3v) is 9.34. The zero-order chi connectivity index (χ0) is 35.1. The second kappa shape index (κ2) is 31.0. The zero-order valence-electron chi connectivity index (χ0n) is 31.2. The number of nitrogens with zero attached hydrogens (tertiary/aromatic N) is 1. The van der Waals surface area contributed by atoms with E-state index in [1.165, 1.54) is 103 Å². The summed E-state index contributed by atoms with van der Waals surface area (Å²) in [7, 11) is 1.18. The highest BCUT2D eigenvalue weighted by molar-refractivity contribution is 7.45. The average molecular weight is 692 g/mol. The lowest BCUT2D eigenvalue weighted by Crippen LogP contribution is -2.37. The third kappa shape index (κ3) is 34.7. The number of esters is 2. The lowest BCUT2D eigenvalue weighted by molar-refractivity contribution is -0.870. The van der Waals surface area contributed by atoms with Gasteiger partial charge in [-0.3, -0.25) is 14.2 Å². The summed E-state index contributed by atoms with van der Waals surface area (Å²) in [4.78, 5) is 37.2. The number of likely N-dealkylation sites (N-methyl/N-ethyl adjacent to an activating group) is 1. The highest BCUT2D eigenvalue weighted by atomic mass is 31.2. The maximum absolute atomic E-state index is 12.5. The van der Waals surface area contributed by atoms with Crippen molar-refractivity contribution in [3.63, 3.8) is 0 Å². The lowest BCUT2D eigenvalue weighted by Gasteiger charge is -2.28. The SMILES string of the molecule is CCCCCCCCCCCCCCCCC(=O)OC[C@H](COP(=O)([O-])OCC[N+](C)(C)C)OC(=O)CCCCCCCCCCC. The van der Waals surface area contributed by atoms with E-state index < -0.39 is 26.5 Å². The fourth-order valence-electron chi connectivity index (χ4n) is 5.30. The average Bonchev–Trinajstić information content (AvgIpc) is 3.01. The van der Waals surface area contributed by atoms with Gasteiger partial charge in [0.1, 0.15) is 19.8 Å². The molecule has 1 unspecified atom stereocenters. The van der Waals surface area contributed by atoms with E-state index in [0.29, 0.717) is 17.4 Å². The van der Waals surface area contributed by atoms with Crippen LogP contribution in [0.3, 0.4) is 0 Å². The van der Waals surface area contributed by atoms with Crippen LogP contribution in [-0.4, -0.2) is 70.0 Å². The number of rotatable bonds is 35. The number of quaternary nitrogens is 1. The molecule has 0 aromatic carbocycles. The number of phosphoric ester groups is 1. The monoisotopic (exact) mass is 692 g/mol. The Morgan fingerprint density at radius 1 is 0.574 bits per heavy atom. The predicted molar refractivity (Wildman–Crippen MR) is 190 cm³/mol. The Bertz CT molecular complexity index is 789. The molecule has 9 nitrogen and oxygen atoms in total. The van der Waals surface area contributed by atoms with Crippen LogP contribution in [0, 0.1) is 0 Å². The van der Waals surface area contributed by atoms with Gasteiger partial charge >= 0.3 is 11.9 Å². The Hall–Kier alpha value is -0.990. The smallest absolute Gasteiger partial charge is 0.306 e. The van der Waals surface area contributed by atoms with Crippen molar-refractivity contribution in [1.82, 2.24) is 0 Å². The van der Waals surface area contributed by atoms with Crippen LogP contribution >= 0.6 is 7.82 Å². The number of unbranched alkanes of at least 4 members (excludes halogenated alkanes) is 21. The number of hydrogen-bond acceptors (Lipinski definition) is 8. The molecule has 0 heterocycles. The molecule has 0 aliphatic carbocycles. The molecule has 0 saturated heterocycles. The van der Waals surface area contributed by atoms with E-state index in [1.54, 1.807) is 0 Å². The number of ether oxygens (including phenoxy) is 2. The van der Waals surface area contributed by atoms with Crippen molar-refractivity contribution in [3.8, 4) is 0 Å². The summed E-state index contributed by atoms with van der Waals surface area (Å²) in [5.41, 5.74) is 0. The van der Waals surface area contributed by atoms with E-state index >= 15 is 0 Å². The lowest BCUT2D eigenvalue weighted by atomic mass is 10.0. The molecule has 0 aliphatic heterocycles. The minimum absolute atomic E-state index is 0.0263. The van der Waals surface area contributed by atoms with E-state index in [0.717, 1.165) is 38.5 Å². The molecule has 0 fully saturated rings. The molecule has 47 heavy (non-hydrogen) atoms. The van der Waals surface area contributed by atoms with E-state index in [9.17, 15) is 19.0 Å². The van der Waals surface area contributed by atoms with Crippen LogP contribution in [0.1, 0.15) is 174 Å². The van der Waals surface area contributed by atoms with Gasteiger partial charge in [0.05, 0.1) is 27.7 Å². The highest BCUT2D eigenvalue weighted by Crippen LogP contribution is 2.38. The van der Waals surface area contributed by atoms with Crippen LogP contribution in [0.2, 0.25) is 0 Å². The summed E-state index contributed by atoms with van der Waals surface area (Å²) in [5.74, 6) is -0.829. The topological polar surface area (TPSA) is 111 Å². The van der Waals surface area contributed by atoms with Gasteiger partial charge in [-0.15, -0.1) is 0 Å². The van der Waals surface area contributed by atoms with Crippen LogP contribution < -0.4 is 4.89 Å². The second-order valence-corrected chi connectivity index (χ2v) is 15.7. The molecule has 0 aromatic heterocycles. The van der Waals surface area contributed by atoms with Crippen molar-refractivity contribution in [2.24, 2.45) is 0 Å². The molecular formula is C37H74NO8P. The summed E-state index contributed by atoms with van der Waals surface area (Å²) in [6.45, 7) is 4.21. The Morgan fingerprint density at radius 2 is 0.957 bits per heavy atom. The van der Waals surface area contributed by atoms with E-state index in [-0.39, 0.29) is 32.0 Å². The number of carbonyl (C=O) groups excluding carboxylic acids is 2. The molecule has 0 radical (unpaired) electrons. The van der Waals surface area contributed by atoms with Gasteiger partial charge in [-0.05, 0) is 12.8 Å². The first-order valence-corrected chi connectivity index (χ1v) is 20.7. The van der Waals surface area contributed by atoms with Gasteiger partial charge in [0.15, 0.2) is 6.10 Å². The van der Waals surface area contributed by atoms with E-state index in [4.69, 9.17) is 18.5 Å². The Labute approximate surface area is 289 Å². The fourth-order valence-corrected chi connectivity index (χ4v) is 6.03. The van der Waals surface area contributed by atoms with Gasteiger partial charge in [0.25, 0.3) is 7.82 Å². The first-order valence-electron chi connectivity index (χ1n) is 19.2. The summed E-state index contributed by atoms with van der Waals surface area (Å²) in [6, 6.07) is 0. The number of hydrogen-bond donors (Lipinski definition) is 0. The molecular weight excluding hydrogens is 617 g/mol. The van der Waals surface area contributed by atoms with Crippen LogP contribution in [0.15, 0.2) is 0 Å². The molecule has 10 heteroatoms. The molecule has 280 valence electrons. The Kier molecular flexibility index (Phi) is 30.4. The van der Waals surface area contributed by atoms with Crippen molar-refractivity contribution in [3.05, 3.63) is 0 Å². The van der Waals surface area contributed by atoms with Gasteiger partial charge in [0, 0.05) is 12.8 Å². The highest BCUT2D eigenvalue weighted by Gasteiger charge is 2.21. The van der Waals surface area contributed by atoms with Gasteiger partial charge in [-0.2, -0.15) is 0 Å². The van der Waals surface area contributed by atoms with Gasteiger partial charge < -0.3 is 27.9 Å². The van der Waals surface area contributed by atoms with Crippen molar-refractivity contribution in [2.45, 2.75) is 180 Å². The largest absolute Gasteiger partial charge is 0.756 e. The minimum atomic E-state index is -4.60. The fraction of sp³-hybridized carbons (Fsp3) is 0.946. The van der Waals surface area contributed by atoms with E-state index in [2.05, 4.69) is 13.8 Å². The molecule has 0 amide bonds. The van der Waals surface area contributed by atoms with Gasteiger partial charge in [0.2, 0.25) is 0 Å².